The molecule has 0 heterocycles. The van der Waals surface area contributed by atoms with Gasteiger partial charge in [-0.3, -0.25) is 4.79 Å². The van der Waals surface area contributed by atoms with Crippen molar-refractivity contribution in [2.24, 2.45) is 0 Å². The molecule has 0 aromatic heterocycles. The van der Waals surface area contributed by atoms with Gasteiger partial charge in [-0.1, -0.05) is 22.0 Å². The lowest BCUT2D eigenvalue weighted by Gasteiger charge is -2.10. The Bertz CT molecular complexity index is 707. The average molecular weight is 346 g/mol. The third kappa shape index (κ3) is 3.61. The molecule has 0 saturated heterocycles. The van der Waals surface area contributed by atoms with E-state index in [0.29, 0.717) is 22.6 Å². The van der Waals surface area contributed by atoms with Crippen LogP contribution in [-0.4, -0.2) is 13.4 Å². The van der Waals surface area contributed by atoms with Crippen molar-refractivity contribution >= 4 is 22.2 Å². The van der Waals surface area contributed by atoms with Gasteiger partial charge in [-0.15, -0.1) is 0 Å². The molecule has 0 N–H and O–H groups in total. The lowest BCUT2D eigenvalue weighted by Crippen LogP contribution is -1.99. The van der Waals surface area contributed by atoms with E-state index in [-0.39, 0.29) is 6.61 Å². The number of carbonyl (C=O) groups is 1. The summed E-state index contributed by atoms with van der Waals surface area (Å²) in [4.78, 5) is 11.0. The van der Waals surface area contributed by atoms with Gasteiger partial charge >= 0.3 is 0 Å². The number of nitriles is 1. The molecule has 106 valence electrons. The Morgan fingerprint density at radius 1 is 1.24 bits per heavy atom. The van der Waals surface area contributed by atoms with E-state index >= 15 is 0 Å². The van der Waals surface area contributed by atoms with Crippen LogP contribution in [0.3, 0.4) is 0 Å². The van der Waals surface area contributed by atoms with Crippen LogP contribution in [0, 0.1) is 11.3 Å². The van der Waals surface area contributed by atoms with Crippen molar-refractivity contribution in [3.8, 4) is 17.6 Å². The summed E-state index contributed by atoms with van der Waals surface area (Å²) in [7, 11) is 1.52. The average Bonchev–Trinajstić information content (AvgIpc) is 2.53. The number of rotatable bonds is 5. The van der Waals surface area contributed by atoms with E-state index < -0.39 is 0 Å². The molecule has 0 aliphatic heterocycles. The Morgan fingerprint density at radius 3 is 2.67 bits per heavy atom. The molecule has 0 fully saturated rings. The van der Waals surface area contributed by atoms with Gasteiger partial charge in [0.15, 0.2) is 6.29 Å². The van der Waals surface area contributed by atoms with Gasteiger partial charge in [-0.25, -0.2) is 0 Å². The standard InChI is InChI=1S/C16H12BrNO3/c1-20-15-4-2-11(6-12(15)8-18)10-21-16-5-3-14(17)7-13(16)9-19/h2-7,9H,10H2,1H3. The summed E-state index contributed by atoms with van der Waals surface area (Å²) in [5.41, 5.74) is 1.75. The van der Waals surface area contributed by atoms with E-state index in [1.165, 1.54) is 7.11 Å². The van der Waals surface area contributed by atoms with Crippen LogP contribution in [0.2, 0.25) is 0 Å². The molecule has 21 heavy (non-hydrogen) atoms. The molecule has 0 unspecified atom stereocenters. The number of hydrogen-bond donors (Lipinski definition) is 0. The minimum Gasteiger partial charge on any atom is -0.495 e. The normalized spacial score (nSPS) is 9.76. The van der Waals surface area contributed by atoms with Gasteiger partial charge in [0.25, 0.3) is 0 Å². The van der Waals surface area contributed by atoms with Crippen molar-refractivity contribution in [1.82, 2.24) is 0 Å². The van der Waals surface area contributed by atoms with Gasteiger partial charge in [0, 0.05) is 4.47 Å². The van der Waals surface area contributed by atoms with Crippen molar-refractivity contribution in [3.05, 3.63) is 57.6 Å². The third-order valence-electron chi connectivity index (χ3n) is 2.88. The van der Waals surface area contributed by atoms with Gasteiger partial charge < -0.3 is 9.47 Å². The van der Waals surface area contributed by atoms with Crippen LogP contribution in [-0.2, 0) is 6.61 Å². The summed E-state index contributed by atoms with van der Waals surface area (Å²) < 4.78 is 11.5. The van der Waals surface area contributed by atoms with Crippen LogP contribution in [0.5, 0.6) is 11.5 Å². The maximum absolute atomic E-state index is 11.0. The molecular weight excluding hydrogens is 334 g/mol. The number of hydrogen-bond acceptors (Lipinski definition) is 4. The van der Waals surface area contributed by atoms with Crippen LogP contribution in [0.15, 0.2) is 40.9 Å². The molecule has 4 nitrogen and oxygen atoms in total. The molecule has 2 aromatic carbocycles. The summed E-state index contributed by atoms with van der Waals surface area (Å²) in [5, 5.41) is 9.05. The monoisotopic (exact) mass is 345 g/mol. The number of carbonyl (C=O) groups excluding carboxylic acids is 1. The van der Waals surface area contributed by atoms with Gasteiger partial charge in [-0.2, -0.15) is 5.26 Å². The summed E-state index contributed by atoms with van der Waals surface area (Å²) in [6, 6.07) is 12.5. The van der Waals surface area contributed by atoms with Crippen molar-refractivity contribution in [2.75, 3.05) is 7.11 Å². The second-order valence-corrected chi connectivity index (χ2v) is 5.15. The number of methoxy groups -OCH3 is 1. The zero-order chi connectivity index (χ0) is 15.2. The highest BCUT2D eigenvalue weighted by atomic mass is 79.9. The Hall–Kier alpha value is -2.32. The van der Waals surface area contributed by atoms with Crippen molar-refractivity contribution < 1.29 is 14.3 Å². The fourth-order valence-electron chi connectivity index (χ4n) is 1.84. The smallest absolute Gasteiger partial charge is 0.153 e. The molecular formula is C16H12BrNO3. The van der Waals surface area contributed by atoms with E-state index in [4.69, 9.17) is 14.7 Å². The van der Waals surface area contributed by atoms with Crippen LogP contribution >= 0.6 is 15.9 Å². The second kappa shape index (κ2) is 6.91. The molecule has 0 saturated carbocycles. The summed E-state index contributed by atoms with van der Waals surface area (Å²) in [5.74, 6) is 1.03. The molecule has 0 aliphatic rings. The molecule has 0 atom stereocenters. The molecule has 0 amide bonds. The first kappa shape index (κ1) is 15.1. The van der Waals surface area contributed by atoms with E-state index in [2.05, 4.69) is 22.0 Å². The zero-order valence-electron chi connectivity index (χ0n) is 11.3. The third-order valence-corrected chi connectivity index (χ3v) is 3.37. The predicted octanol–water partition coefficient (Wildman–Crippen LogP) is 3.72. The van der Waals surface area contributed by atoms with Gasteiger partial charge in [-0.05, 0) is 35.9 Å². The van der Waals surface area contributed by atoms with Gasteiger partial charge in [0.2, 0.25) is 0 Å². The van der Waals surface area contributed by atoms with E-state index in [1.807, 2.05) is 6.07 Å². The maximum Gasteiger partial charge on any atom is 0.153 e. The first-order valence-corrected chi connectivity index (χ1v) is 6.91. The highest BCUT2D eigenvalue weighted by molar-refractivity contribution is 9.10. The van der Waals surface area contributed by atoms with Crippen LogP contribution < -0.4 is 9.47 Å². The zero-order valence-corrected chi connectivity index (χ0v) is 12.9. The highest BCUT2D eigenvalue weighted by Crippen LogP contribution is 2.24. The molecule has 2 rings (SSSR count). The Morgan fingerprint density at radius 2 is 2.00 bits per heavy atom. The number of benzene rings is 2. The Labute approximate surface area is 131 Å². The highest BCUT2D eigenvalue weighted by Gasteiger charge is 2.07. The maximum atomic E-state index is 11.0. The minimum absolute atomic E-state index is 0.265. The van der Waals surface area contributed by atoms with E-state index in [0.717, 1.165) is 16.3 Å². The van der Waals surface area contributed by atoms with Gasteiger partial charge in [0.1, 0.15) is 24.2 Å². The SMILES string of the molecule is COc1ccc(COc2ccc(Br)cc2C=O)cc1C#N. The lowest BCUT2D eigenvalue weighted by molar-refractivity contribution is 0.111. The Kier molecular flexibility index (Phi) is 4.96. The largest absolute Gasteiger partial charge is 0.495 e. The Balaban J connectivity index is 2.17. The van der Waals surface area contributed by atoms with Crippen molar-refractivity contribution in [1.29, 1.82) is 5.26 Å². The minimum atomic E-state index is 0.265. The fraction of sp³-hybridized carbons (Fsp3) is 0.125. The number of aldehydes is 1. The summed E-state index contributed by atoms with van der Waals surface area (Å²) >= 11 is 3.30. The molecule has 2 aromatic rings. The summed E-state index contributed by atoms with van der Waals surface area (Å²) in [6.07, 6.45) is 0.745. The molecule has 0 radical (unpaired) electrons. The first-order valence-electron chi connectivity index (χ1n) is 6.12. The quantitative estimate of drug-likeness (QED) is 0.775. The topological polar surface area (TPSA) is 59.3 Å². The molecule has 0 bridgehead atoms. The fourth-order valence-corrected chi connectivity index (χ4v) is 2.22. The number of nitrogens with zero attached hydrogens (tertiary/aromatic N) is 1. The molecule has 0 aliphatic carbocycles. The van der Waals surface area contributed by atoms with Gasteiger partial charge in [0.05, 0.1) is 18.2 Å². The molecule has 5 heteroatoms. The number of halogens is 1. The van der Waals surface area contributed by atoms with Crippen LogP contribution in [0.1, 0.15) is 21.5 Å². The second-order valence-electron chi connectivity index (χ2n) is 4.24. The van der Waals surface area contributed by atoms with Crippen molar-refractivity contribution in [3.63, 3.8) is 0 Å². The van der Waals surface area contributed by atoms with E-state index in [9.17, 15) is 4.79 Å². The lowest BCUT2D eigenvalue weighted by atomic mass is 10.1. The van der Waals surface area contributed by atoms with Crippen LogP contribution in [0.4, 0.5) is 0 Å². The molecule has 0 spiro atoms. The number of ether oxygens (including phenoxy) is 2. The van der Waals surface area contributed by atoms with Crippen molar-refractivity contribution in [2.45, 2.75) is 6.61 Å². The summed E-state index contributed by atoms with van der Waals surface area (Å²) in [6.45, 7) is 0.265. The van der Waals surface area contributed by atoms with E-state index in [1.54, 1.807) is 30.3 Å². The predicted molar refractivity (Wildman–Crippen MR) is 81.6 cm³/mol. The first-order chi connectivity index (χ1) is 10.2. The van der Waals surface area contributed by atoms with Crippen LogP contribution in [0.25, 0.3) is 0 Å².